The summed E-state index contributed by atoms with van der Waals surface area (Å²) in [5.74, 6) is 0.596. The van der Waals surface area contributed by atoms with E-state index in [1.165, 1.54) is 0 Å². The number of rotatable bonds is 2. The topological polar surface area (TPSA) is 75.8 Å². The lowest BCUT2D eigenvalue weighted by molar-refractivity contribution is -0.170. The van der Waals surface area contributed by atoms with Gasteiger partial charge in [0, 0.05) is 12.0 Å². The van der Waals surface area contributed by atoms with Gasteiger partial charge in [-0.3, -0.25) is 0 Å². The third-order valence-corrected chi connectivity index (χ3v) is 4.79. The third kappa shape index (κ3) is 2.66. The van der Waals surface area contributed by atoms with Crippen molar-refractivity contribution in [2.45, 2.75) is 58.2 Å². The molecule has 2 unspecified atom stereocenters. The average molecular weight is 284 g/mol. The second-order valence-electron chi connectivity index (χ2n) is 7.70. The van der Waals surface area contributed by atoms with Gasteiger partial charge in [-0.05, 0) is 39.5 Å². The Morgan fingerprint density at radius 1 is 1.45 bits per heavy atom. The molecule has 2 rings (SSSR count). The van der Waals surface area contributed by atoms with E-state index >= 15 is 0 Å². The van der Waals surface area contributed by atoms with Crippen molar-refractivity contribution in [3.63, 3.8) is 0 Å². The minimum absolute atomic E-state index is 0.231. The highest BCUT2D eigenvalue weighted by Gasteiger charge is 2.59. The summed E-state index contributed by atoms with van der Waals surface area (Å²) in [7, 11) is 0. The SMILES string of the molecule is CC1CCC(CN)(C2(O)CN(C(=O)OC(C)(C)C)C2)C1. The lowest BCUT2D eigenvalue weighted by Crippen LogP contribution is -2.72. The van der Waals surface area contributed by atoms with Crippen LogP contribution in [0.15, 0.2) is 0 Å². The van der Waals surface area contributed by atoms with Crippen LogP contribution in [0.2, 0.25) is 0 Å². The summed E-state index contributed by atoms with van der Waals surface area (Å²) in [6, 6.07) is 0. The molecule has 1 saturated heterocycles. The Hall–Kier alpha value is -0.810. The lowest BCUT2D eigenvalue weighted by atomic mass is 9.66. The zero-order valence-corrected chi connectivity index (χ0v) is 13.1. The first-order chi connectivity index (χ1) is 9.11. The maximum absolute atomic E-state index is 12.0. The molecule has 1 amide bonds. The van der Waals surface area contributed by atoms with E-state index in [0.717, 1.165) is 19.3 Å². The fraction of sp³-hybridized carbons (Fsp3) is 0.933. The maximum Gasteiger partial charge on any atom is 0.410 e. The van der Waals surface area contributed by atoms with Gasteiger partial charge < -0.3 is 20.5 Å². The minimum atomic E-state index is -0.844. The van der Waals surface area contributed by atoms with Crippen molar-refractivity contribution in [2.24, 2.45) is 17.1 Å². The van der Waals surface area contributed by atoms with Crippen molar-refractivity contribution < 1.29 is 14.6 Å². The minimum Gasteiger partial charge on any atom is -0.444 e. The number of aliphatic hydroxyl groups is 1. The van der Waals surface area contributed by atoms with Crippen LogP contribution < -0.4 is 5.73 Å². The van der Waals surface area contributed by atoms with Crippen molar-refractivity contribution in [2.75, 3.05) is 19.6 Å². The number of carbonyl (C=O) groups is 1. The molecule has 0 spiro atoms. The van der Waals surface area contributed by atoms with Crippen molar-refractivity contribution >= 4 is 6.09 Å². The van der Waals surface area contributed by atoms with E-state index in [2.05, 4.69) is 6.92 Å². The summed E-state index contributed by atoms with van der Waals surface area (Å²) < 4.78 is 5.33. The predicted molar refractivity (Wildman–Crippen MR) is 77.3 cm³/mol. The van der Waals surface area contributed by atoms with E-state index in [4.69, 9.17) is 10.5 Å². The average Bonchev–Trinajstić information content (AvgIpc) is 2.65. The van der Waals surface area contributed by atoms with Crippen LogP contribution >= 0.6 is 0 Å². The standard InChI is InChI=1S/C15H28N2O3/c1-11-5-6-14(7-11,8-16)15(19)9-17(10-15)12(18)20-13(2,3)4/h11,19H,5-10,16H2,1-4H3. The van der Waals surface area contributed by atoms with E-state index in [1.54, 1.807) is 4.90 Å². The molecule has 0 bridgehead atoms. The molecule has 0 aromatic heterocycles. The van der Waals surface area contributed by atoms with Crippen LogP contribution in [0.1, 0.15) is 47.0 Å². The molecule has 5 heteroatoms. The van der Waals surface area contributed by atoms with Crippen LogP contribution in [-0.2, 0) is 4.74 Å². The number of likely N-dealkylation sites (tertiary alicyclic amines) is 1. The van der Waals surface area contributed by atoms with E-state index < -0.39 is 11.2 Å². The van der Waals surface area contributed by atoms with Gasteiger partial charge in [0.15, 0.2) is 0 Å². The highest BCUT2D eigenvalue weighted by molar-refractivity contribution is 5.69. The first kappa shape index (κ1) is 15.6. The van der Waals surface area contributed by atoms with Gasteiger partial charge in [0.05, 0.1) is 13.1 Å². The van der Waals surface area contributed by atoms with E-state index in [0.29, 0.717) is 25.6 Å². The Morgan fingerprint density at radius 2 is 2.05 bits per heavy atom. The van der Waals surface area contributed by atoms with E-state index in [-0.39, 0.29) is 11.5 Å². The molecule has 116 valence electrons. The molecule has 0 aromatic rings. The Balaban J connectivity index is 1.98. The Morgan fingerprint density at radius 3 is 2.45 bits per heavy atom. The molecule has 1 aliphatic heterocycles. The molecule has 0 aromatic carbocycles. The van der Waals surface area contributed by atoms with Crippen molar-refractivity contribution in [3.05, 3.63) is 0 Å². The van der Waals surface area contributed by atoms with Crippen molar-refractivity contribution in [3.8, 4) is 0 Å². The van der Waals surface area contributed by atoms with E-state index in [1.807, 2.05) is 20.8 Å². The number of amides is 1. The van der Waals surface area contributed by atoms with Gasteiger partial charge in [0.2, 0.25) is 0 Å². The van der Waals surface area contributed by atoms with Crippen LogP contribution in [0.3, 0.4) is 0 Å². The van der Waals surface area contributed by atoms with Crippen LogP contribution in [0.5, 0.6) is 0 Å². The Bertz CT molecular complexity index is 385. The third-order valence-electron chi connectivity index (χ3n) is 4.79. The molecule has 20 heavy (non-hydrogen) atoms. The zero-order valence-electron chi connectivity index (χ0n) is 13.1. The monoisotopic (exact) mass is 284 g/mol. The van der Waals surface area contributed by atoms with Crippen LogP contribution in [0, 0.1) is 11.3 Å². The van der Waals surface area contributed by atoms with Crippen LogP contribution in [-0.4, -0.2) is 46.9 Å². The number of hydrogen-bond acceptors (Lipinski definition) is 4. The first-order valence-electron chi connectivity index (χ1n) is 7.51. The molecular weight excluding hydrogens is 256 g/mol. The zero-order chi connectivity index (χ0) is 15.2. The predicted octanol–water partition coefficient (Wildman–Crippen LogP) is 1.73. The molecular formula is C15H28N2O3. The largest absolute Gasteiger partial charge is 0.444 e. The molecule has 2 fully saturated rings. The Labute approximate surface area is 121 Å². The lowest BCUT2D eigenvalue weighted by Gasteiger charge is -2.55. The van der Waals surface area contributed by atoms with Gasteiger partial charge in [0.25, 0.3) is 0 Å². The fourth-order valence-electron chi connectivity index (χ4n) is 3.57. The summed E-state index contributed by atoms with van der Waals surface area (Å²) in [5, 5.41) is 10.9. The second-order valence-corrected chi connectivity index (χ2v) is 7.70. The summed E-state index contributed by atoms with van der Waals surface area (Å²) in [6.45, 7) is 8.89. The highest BCUT2D eigenvalue weighted by Crippen LogP contribution is 2.51. The summed E-state index contributed by atoms with van der Waals surface area (Å²) in [6.07, 6.45) is 2.65. The Kier molecular flexibility index (Phi) is 3.80. The summed E-state index contributed by atoms with van der Waals surface area (Å²) >= 11 is 0. The van der Waals surface area contributed by atoms with Gasteiger partial charge in [-0.1, -0.05) is 13.3 Å². The smallest absolute Gasteiger partial charge is 0.410 e. The summed E-state index contributed by atoms with van der Waals surface area (Å²) in [4.78, 5) is 13.5. The molecule has 2 atom stereocenters. The number of ether oxygens (including phenoxy) is 1. The van der Waals surface area contributed by atoms with Crippen LogP contribution in [0.4, 0.5) is 4.79 Å². The normalized spacial score (nSPS) is 32.9. The fourth-order valence-corrected chi connectivity index (χ4v) is 3.57. The molecule has 5 nitrogen and oxygen atoms in total. The number of nitrogens with two attached hydrogens (primary N) is 1. The van der Waals surface area contributed by atoms with Crippen LogP contribution in [0.25, 0.3) is 0 Å². The van der Waals surface area contributed by atoms with Gasteiger partial charge >= 0.3 is 6.09 Å². The molecule has 3 N–H and O–H groups in total. The first-order valence-corrected chi connectivity index (χ1v) is 7.51. The van der Waals surface area contributed by atoms with Crippen molar-refractivity contribution in [1.29, 1.82) is 0 Å². The number of β-amino-alcohol motifs (C(OH)–C–C–N with tert-alkyl or cyclic N) is 1. The van der Waals surface area contributed by atoms with Gasteiger partial charge in [-0.15, -0.1) is 0 Å². The van der Waals surface area contributed by atoms with Gasteiger partial charge in [0.1, 0.15) is 11.2 Å². The van der Waals surface area contributed by atoms with Gasteiger partial charge in [-0.25, -0.2) is 4.79 Å². The molecule has 1 heterocycles. The van der Waals surface area contributed by atoms with Gasteiger partial charge in [-0.2, -0.15) is 0 Å². The highest BCUT2D eigenvalue weighted by atomic mass is 16.6. The molecule has 1 aliphatic carbocycles. The molecule has 0 radical (unpaired) electrons. The number of carbonyl (C=O) groups excluding carboxylic acids is 1. The van der Waals surface area contributed by atoms with Crippen molar-refractivity contribution in [1.82, 2.24) is 4.90 Å². The molecule has 1 saturated carbocycles. The number of nitrogens with zero attached hydrogens (tertiary/aromatic N) is 1. The van der Waals surface area contributed by atoms with E-state index in [9.17, 15) is 9.90 Å². The maximum atomic E-state index is 12.0. The quantitative estimate of drug-likeness (QED) is 0.810. The second kappa shape index (κ2) is 4.88. The summed E-state index contributed by atoms with van der Waals surface area (Å²) in [5.41, 5.74) is 4.38. The number of hydrogen-bond donors (Lipinski definition) is 2. The molecule has 2 aliphatic rings.